The molecule has 90 valence electrons. The second-order valence-electron chi connectivity index (χ2n) is 3.90. The minimum absolute atomic E-state index is 0.0336. The third-order valence-corrected chi connectivity index (χ3v) is 2.77. The Bertz CT molecular complexity index is 426. The van der Waals surface area contributed by atoms with Crippen molar-refractivity contribution in [1.82, 2.24) is 0 Å². The van der Waals surface area contributed by atoms with E-state index in [2.05, 4.69) is 5.16 Å². The molecular formula is C12H13NO4. The van der Waals surface area contributed by atoms with Crippen LogP contribution in [0.25, 0.3) is 0 Å². The topological polar surface area (TPSA) is 68.1 Å². The lowest BCUT2D eigenvalue weighted by Crippen LogP contribution is -2.25. The molecule has 0 atom stereocenters. The van der Waals surface area contributed by atoms with Gasteiger partial charge in [-0.2, -0.15) is 0 Å². The normalized spacial score (nSPS) is 15.5. The Kier molecular flexibility index (Phi) is 3.59. The smallest absolute Gasteiger partial charge is 0.358 e. The number of carbonyl (C=O) groups is 1. The first kappa shape index (κ1) is 11.4. The van der Waals surface area contributed by atoms with Gasteiger partial charge in [-0.3, -0.25) is 9.78 Å². The molecule has 1 aromatic carbocycles. The Morgan fingerprint density at radius 3 is 2.82 bits per heavy atom. The van der Waals surface area contributed by atoms with E-state index in [4.69, 9.17) is 15.0 Å². The molecule has 5 nitrogen and oxygen atoms in total. The molecular weight excluding hydrogens is 222 g/mol. The Hall–Kier alpha value is -2.04. The Balaban J connectivity index is 1.95. The number of hydrogen-bond acceptors (Lipinski definition) is 5. The highest BCUT2D eigenvalue weighted by molar-refractivity contribution is 5.83. The van der Waals surface area contributed by atoms with E-state index in [1.165, 1.54) is 6.21 Å². The quantitative estimate of drug-likeness (QED) is 0.375. The summed E-state index contributed by atoms with van der Waals surface area (Å²) in [6, 6.07) is 6.82. The molecule has 0 saturated heterocycles. The van der Waals surface area contributed by atoms with Crippen molar-refractivity contribution in [3.05, 3.63) is 29.8 Å². The number of rotatable bonds is 4. The van der Waals surface area contributed by atoms with Crippen LogP contribution in [-0.2, 0) is 9.68 Å². The van der Waals surface area contributed by atoms with E-state index in [-0.39, 0.29) is 11.9 Å². The lowest BCUT2D eigenvalue weighted by molar-refractivity contribution is -0.221. The maximum atomic E-state index is 11.4. The van der Waals surface area contributed by atoms with Gasteiger partial charge in [0.1, 0.15) is 0 Å². The third-order valence-electron chi connectivity index (χ3n) is 2.77. The summed E-state index contributed by atoms with van der Waals surface area (Å²) in [5.41, 5.74) is 0.538. The van der Waals surface area contributed by atoms with E-state index in [1.807, 2.05) is 0 Å². The van der Waals surface area contributed by atoms with Crippen LogP contribution in [-0.4, -0.2) is 17.4 Å². The fourth-order valence-corrected chi connectivity index (χ4v) is 1.52. The van der Waals surface area contributed by atoms with Crippen molar-refractivity contribution < 1.29 is 19.8 Å². The van der Waals surface area contributed by atoms with Gasteiger partial charge in [0.2, 0.25) is 0 Å². The number of hydrogen-bond donors (Lipinski definition) is 1. The number of para-hydroxylation sites is 1. The molecule has 0 unspecified atom stereocenters. The maximum Gasteiger partial charge on any atom is 0.358 e. The molecule has 5 heteroatoms. The van der Waals surface area contributed by atoms with E-state index in [9.17, 15) is 4.79 Å². The number of carbonyl (C=O) groups excluding carboxylic acids is 1. The summed E-state index contributed by atoms with van der Waals surface area (Å²) in [4.78, 5) is 21.1. The highest BCUT2D eigenvalue weighted by Gasteiger charge is 2.28. The second-order valence-corrected chi connectivity index (χ2v) is 3.90. The van der Waals surface area contributed by atoms with Crippen molar-refractivity contribution in [3.8, 4) is 5.75 Å². The summed E-state index contributed by atoms with van der Waals surface area (Å²) in [6.45, 7) is 0. The van der Waals surface area contributed by atoms with Crippen LogP contribution in [0, 0.1) is 5.92 Å². The van der Waals surface area contributed by atoms with Crippen LogP contribution in [0.5, 0.6) is 5.75 Å². The van der Waals surface area contributed by atoms with Crippen LogP contribution in [0.3, 0.4) is 0 Å². The molecule has 0 heterocycles. The van der Waals surface area contributed by atoms with E-state index in [1.54, 1.807) is 24.3 Å². The molecule has 1 N–H and O–H groups in total. The first-order valence-corrected chi connectivity index (χ1v) is 5.46. The highest BCUT2D eigenvalue weighted by Crippen LogP contribution is 2.28. The molecule has 0 amide bonds. The molecule has 0 aliphatic heterocycles. The van der Waals surface area contributed by atoms with Crippen LogP contribution >= 0.6 is 0 Å². The fraction of sp³-hybridized carbons (Fsp3) is 0.333. The van der Waals surface area contributed by atoms with Crippen LogP contribution in [0.1, 0.15) is 24.8 Å². The second kappa shape index (κ2) is 5.34. The van der Waals surface area contributed by atoms with E-state index in [0.29, 0.717) is 11.3 Å². The molecule has 2 rings (SSSR count). The number of nitrogens with zero attached hydrogens (tertiary/aromatic N) is 1. The number of oxime groups is 1. The zero-order valence-electron chi connectivity index (χ0n) is 9.20. The molecule has 1 aliphatic carbocycles. The molecule has 0 bridgehead atoms. The highest BCUT2D eigenvalue weighted by atomic mass is 17.2. The lowest BCUT2D eigenvalue weighted by Gasteiger charge is -2.21. The van der Waals surface area contributed by atoms with Crippen LogP contribution in [0.15, 0.2) is 29.4 Å². The van der Waals surface area contributed by atoms with Gasteiger partial charge in [0, 0.05) is 5.56 Å². The summed E-state index contributed by atoms with van der Waals surface area (Å²) in [5, 5.41) is 11.4. The zero-order chi connectivity index (χ0) is 12.1. The fourth-order valence-electron chi connectivity index (χ4n) is 1.52. The van der Waals surface area contributed by atoms with E-state index in [0.717, 1.165) is 19.3 Å². The van der Waals surface area contributed by atoms with Crippen LogP contribution < -0.4 is 4.89 Å². The Morgan fingerprint density at radius 2 is 2.18 bits per heavy atom. The monoisotopic (exact) mass is 235 g/mol. The van der Waals surface area contributed by atoms with Gasteiger partial charge >= 0.3 is 5.97 Å². The van der Waals surface area contributed by atoms with Gasteiger partial charge in [-0.05, 0) is 25.0 Å². The molecule has 1 fully saturated rings. The summed E-state index contributed by atoms with van der Waals surface area (Å²) >= 11 is 0. The Morgan fingerprint density at radius 1 is 1.41 bits per heavy atom. The average molecular weight is 235 g/mol. The van der Waals surface area contributed by atoms with Gasteiger partial charge in [0.15, 0.2) is 5.75 Å². The van der Waals surface area contributed by atoms with Gasteiger partial charge in [0.05, 0.1) is 12.1 Å². The first-order chi connectivity index (χ1) is 8.31. The van der Waals surface area contributed by atoms with Crippen molar-refractivity contribution >= 4 is 12.2 Å². The number of benzene rings is 1. The molecule has 0 aromatic heterocycles. The molecule has 1 saturated carbocycles. The van der Waals surface area contributed by atoms with Crippen molar-refractivity contribution in [2.45, 2.75) is 19.3 Å². The first-order valence-electron chi connectivity index (χ1n) is 5.46. The van der Waals surface area contributed by atoms with Gasteiger partial charge in [-0.15, -0.1) is 0 Å². The molecule has 1 aromatic rings. The SMILES string of the molecule is O=C(OOc1ccccc1C=NO)C1CCC1. The largest absolute Gasteiger partial charge is 0.411 e. The van der Waals surface area contributed by atoms with Gasteiger partial charge < -0.3 is 5.21 Å². The van der Waals surface area contributed by atoms with Crippen molar-refractivity contribution in [1.29, 1.82) is 0 Å². The van der Waals surface area contributed by atoms with Crippen molar-refractivity contribution in [2.75, 3.05) is 0 Å². The molecule has 0 spiro atoms. The van der Waals surface area contributed by atoms with E-state index < -0.39 is 0 Å². The summed E-state index contributed by atoms with van der Waals surface area (Å²) in [5.74, 6) is -0.0290. The predicted molar refractivity (Wildman–Crippen MR) is 59.9 cm³/mol. The van der Waals surface area contributed by atoms with Gasteiger partial charge in [-0.1, -0.05) is 23.7 Å². The zero-order valence-corrected chi connectivity index (χ0v) is 9.20. The minimum atomic E-state index is -0.341. The Labute approximate surface area is 98.6 Å². The van der Waals surface area contributed by atoms with E-state index >= 15 is 0 Å². The van der Waals surface area contributed by atoms with Crippen molar-refractivity contribution in [3.63, 3.8) is 0 Å². The summed E-state index contributed by atoms with van der Waals surface area (Å²) < 4.78 is 0. The van der Waals surface area contributed by atoms with Gasteiger partial charge in [0.25, 0.3) is 0 Å². The average Bonchev–Trinajstić information content (AvgIpc) is 2.26. The molecule has 0 radical (unpaired) electrons. The standard InChI is InChI=1S/C12H13NO4/c14-12(9-5-3-6-9)17-16-11-7-2-1-4-10(11)8-13-15/h1-2,4,7-9,15H,3,5-6H2. The van der Waals surface area contributed by atoms with Crippen LogP contribution in [0.4, 0.5) is 0 Å². The molecule has 1 aliphatic rings. The lowest BCUT2D eigenvalue weighted by atomic mass is 9.86. The third kappa shape index (κ3) is 2.75. The predicted octanol–water partition coefficient (Wildman–Crippen LogP) is 2.13. The van der Waals surface area contributed by atoms with Gasteiger partial charge in [-0.25, -0.2) is 4.79 Å². The van der Waals surface area contributed by atoms with Crippen LogP contribution in [0.2, 0.25) is 0 Å². The molecule has 17 heavy (non-hydrogen) atoms. The summed E-state index contributed by atoms with van der Waals surface area (Å²) in [6.07, 6.45) is 4.00. The minimum Gasteiger partial charge on any atom is -0.411 e. The van der Waals surface area contributed by atoms with Crippen molar-refractivity contribution in [2.24, 2.45) is 11.1 Å². The summed E-state index contributed by atoms with van der Waals surface area (Å²) in [7, 11) is 0. The maximum absolute atomic E-state index is 11.4.